The summed E-state index contributed by atoms with van der Waals surface area (Å²) in [6.45, 7) is 12.7. The first-order valence-corrected chi connectivity index (χ1v) is 18.0. The van der Waals surface area contributed by atoms with Crippen molar-refractivity contribution in [1.82, 2.24) is 0 Å². The van der Waals surface area contributed by atoms with Crippen molar-refractivity contribution in [3.8, 4) is 34.1 Å². The molecule has 1 aliphatic heterocycles. The minimum Gasteiger partial charge on any atom is -0.491 e. The number of aliphatic hydroxyl groups excluding tert-OH is 2. The van der Waals surface area contributed by atoms with Gasteiger partial charge in [0.05, 0.1) is 26.4 Å². The number of rotatable bonds is 20. The van der Waals surface area contributed by atoms with Gasteiger partial charge in [0.2, 0.25) is 0 Å². The van der Waals surface area contributed by atoms with Crippen LogP contribution in [0.4, 0.5) is 0 Å². The van der Waals surface area contributed by atoms with Crippen molar-refractivity contribution in [3.05, 3.63) is 132 Å². The highest BCUT2D eigenvalue weighted by Crippen LogP contribution is 2.53. The molecule has 2 N–H and O–H groups in total. The molecule has 4 aromatic carbocycles. The van der Waals surface area contributed by atoms with Gasteiger partial charge in [-0.1, -0.05) is 79.9 Å². The molecule has 5 rings (SSSR count). The lowest BCUT2D eigenvalue weighted by Crippen LogP contribution is -2.29. The number of hydrogen-bond donors (Lipinski definition) is 2. The zero-order valence-corrected chi connectivity index (χ0v) is 31.5. The quantitative estimate of drug-likeness (QED) is 0.0576. The van der Waals surface area contributed by atoms with Crippen molar-refractivity contribution < 1.29 is 53.0 Å². The van der Waals surface area contributed by atoms with Gasteiger partial charge in [-0.25, -0.2) is 9.59 Å². The third-order valence-electron chi connectivity index (χ3n) is 8.90. The van der Waals surface area contributed by atoms with Crippen molar-refractivity contribution in [2.45, 2.75) is 38.4 Å². The molecule has 55 heavy (non-hydrogen) atoms. The third-order valence-corrected chi connectivity index (χ3v) is 8.90. The molecule has 290 valence electrons. The highest BCUT2D eigenvalue weighted by atomic mass is 16.6. The van der Waals surface area contributed by atoms with Crippen molar-refractivity contribution >= 4 is 11.9 Å². The zero-order chi connectivity index (χ0) is 39.4. The van der Waals surface area contributed by atoms with Gasteiger partial charge >= 0.3 is 11.9 Å². The van der Waals surface area contributed by atoms with Crippen LogP contribution >= 0.6 is 0 Å². The molecule has 1 heterocycles. The summed E-state index contributed by atoms with van der Waals surface area (Å²) in [7, 11) is 0. The second-order valence-corrected chi connectivity index (χ2v) is 13.4. The van der Waals surface area contributed by atoms with E-state index >= 15 is 0 Å². The van der Waals surface area contributed by atoms with E-state index in [9.17, 15) is 19.8 Å². The molecule has 1 aliphatic rings. The molecule has 0 fully saturated rings. The molecule has 4 aromatic rings. The monoisotopic (exact) mass is 752 g/mol. The Labute approximate surface area is 321 Å². The number of esters is 2. The minimum atomic E-state index is -0.973. The topological polar surface area (TPSA) is 139 Å². The van der Waals surface area contributed by atoms with E-state index in [0.717, 1.165) is 27.8 Å². The summed E-state index contributed by atoms with van der Waals surface area (Å²) in [4.78, 5) is 23.1. The molecule has 0 spiro atoms. The SMILES string of the molecule is C=C(C)C(=O)OCC(O)COCCOc1ccc2c(c1)Oc1cc(OCCOCC(O)COC(=O)C(=C)C)ccc1C2(C)c1ccc(-c2ccccc2)cc1. The van der Waals surface area contributed by atoms with E-state index in [4.69, 9.17) is 33.2 Å². The summed E-state index contributed by atoms with van der Waals surface area (Å²) in [6.07, 6.45) is -1.95. The van der Waals surface area contributed by atoms with Gasteiger partial charge in [-0.05, 0) is 49.6 Å². The van der Waals surface area contributed by atoms with Crippen molar-refractivity contribution in [2.24, 2.45) is 0 Å². The Kier molecular flexibility index (Phi) is 14.2. The van der Waals surface area contributed by atoms with Crippen LogP contribution in [0.25, 0.3) is 11.1 Å². The molecule has 11 nitrogen and oxygen atoms in total. The molecule has 2 unspecified atom stereocenters. The Hall–Kier alpha value is -5.46. The molecular weight excluding hydrogens is 704 g/mol. The molecule has 0 saturated carbocycles. The maximum absolute atomic E-state index is 11.5. The molecular formula is C44H48O11. The van der Waals surface area contributed by atoms with Crippen molar-refractivity contribution in [2.75, 3.05) is 52.9 Å². The van der Waals surface area contributed by atoms with Crippen LogP contribution in [-0.2, 0) is 34.0 Å². The van der Waals surface area contributed by atoms with Crippen LogP contribution in [0.2, 0.25) is 0 Å². The zero-order valence-electron chi connectivity index (χ0n) is 31.5. The van der Waals surface area contributed by atoms with Gasteiger partial charge in [0.1, 0.15) is 61.6 Å². The van der Waals surface area contributed by atoms with Gasteiger partial charge in [-0.3, -0.25) is 0 Å². The lowest BCUT2D eigenvalue weighted by atomic mass is 9.69. The van der Waals surface area contributed by atoms with E-state index in [1.165, 1.54) is 13.8 Å². The summed E-state index contributed by atoms with van der Waals surface area (Å²) in [5.41, 5.74) is 5.13. The first-order valence-electron chi connectivity index (χ1n) is 18.0. The molecule has 0 aliphatic carbocycles. The van der Waals surface area contributed by atoms with E-state index in [1.807, 2.05) is 54.6 Å². The van der Waals surface area contributed by atoms with Gasteiger partial charge in [0.15, 0.2) is 0 Å². The summed E-state index contributed by atoms with van der Waals surface area (Å²) in [5, 5.41) is 20.1. The summed E-state index contributed by atoms with van der Waals surface area (Å²) < 4.78 is 39.5. The van der Waals surface area contributed by atoms with E-state index in [-0.39, 0.29) is 64.0 Å². The van der Waals surface area contributed by atoms with Crippen LogP contribution in [0.1, 0.15) is 37.5 Å². The van der Waals surface area contributed by atoms with Crippen LogP contribution in [0.5, 0.6) is 23.0 Å². The molecule has 0 radical (unpaired) electrons. The fourth-order valence-electron chi connectivity index (χ4n) is 5.94. The number of benzene rings is 4. The normalized spacial score (nSPS) is 15.4. The number of aliphatic hydroxyl groups is 2. The molecule has 0 amide bonds. The van der Waals surface area contributed by atoms with Gasteiger partial charge in [0.25, 0.3) is 0 Å². The maximum atomic E-state index is 11.5. The standard InChI is InChI=1S/C44H48O11/c1-29(2)42(47)53-27-34(45)25-49-19-21-51-36-15-17-38-40(23-36)55-41-24-37(52-22-20-50-26-35(46)28-54-43(48)30(3)4)16-18-39(41)44(38,5)33-13-11-32(12-14-33)31-9-7-6-8-10-31/h6-18,23-24,34-35,45-46H,1,3,19-22,25-28H2,2,4-5H3. The Bertz CT molecular complexity index is 1840. The average molecular weight is 753 g/mol. The van der Waals surface area contributed by atoms with Gasteiger partial charge < -0.3 is 43.4 Å². The van der Waals surface area contributed by atoms with Gasteiger partial charge in [0, 0.05) is 39.8 Å². The van der Waals surface area contributed by atoms with Crippen LogP contribution in [0, 0.1) is 0 Å². The van der Waals surface area contributed by atoms with E-state index in [1.54, 1.807) is 0 Å². The lowest BCUT2D eigenvalue weighted by molar-refractivity contribution is -0.143. The number of hydrogen-bond acceptors (Lipinski definition) is 11. The Morgan fingerprint density at radius 3 is 1.55 bits per heavy atom. The van der Waals surface area contributed by atoms with E-state index in [0.29, 0.717) is 23.0 Å². The maximum Gasteiger partial charge on any atom is 0.333 e. The predicted molar refractivity (Wildman–Crippen MR) is 207 cm³/mol. The fraction of sp³-hybridized carbons (Fsp3) is 0.318. The average Bonchev–Trinajstić information content (AvgIpc) is 3.18. The molecule has 0 bridgehead atoms. The smallest absolute Gasteiger partial charge is 0.333 e. The molecule has 11 heteroatoms. The molecule has 0 aromatic heterocycles. The molecule has 0 saturated heterocycles. The number of fused-ring (bicyclic) bond motifs is 2. The highest BCUT2D eigenvalue weighted by molar-refractivity contribution is 5.87. The largest absolute Gasteiger partial charge is 0.491 e. The van der Waals surface area contributed by atoms with E-state index in [2.05, 4.69) is 56.5 Å². The predicted octanol–water partition coefficient (Wildman–Crippen LogP) is 6.56. The van der Waals surface area contributed by atoms with Crippen LogP contribution in [0.15, 0.2) is 115 Å². The second-order valence-electron chi connectivity index (χ2n) is 13.4. The first kappa shape index (κ1) is 40.7. The third kappa shape index (κ3) is 10.8. The summed E-state index contributed by atoms with van der Waals surface area (Å²) in [5.74, 6) is 1.26. The van der Waals surface area contributed by atoms with Crippen molar-refractivity contribution in [1.29, 1.82) is 0 Å². The van der Waals surface area contributed by atoms with Crippen molar-refractivity contribution in [3.63, 3.8) is 0 Å². The Morgan fingerprint density at radius 2 is 1.09 bits per heavy atom. The van der Waals surface area contributed by atoms with Gasteiger partial charge in [-0.2, -0.15) is 0 Å². The molecule has 2 atom stereocenters. The van der Waals surface area contributed by atoms with Crippen LogP contribution in [-0.4, -0.2) is 87.2 Å². The lowest BCUT2D eigenvalue weighted by Gasteiger charge is -2.38. The summed E-state index contributed by atoms with van der Waals surface area (Å²) in [6, 6.07) is 30.3. The minimum absolute atomic E-state index is 0.0240. The highest BCUT2D eigenvalue weighted by Gasteiger charge is 2.40. The number of carbonyl (C=O) groups is 2. The fourth-order valence-corrected chi connectivity index (χ4v) is 5.94. The van der Waals surface area contributed by atoms with Crippen LogP contribution < -0.4 is 14.2 Å². The Balaban J connectivity index is 1.27. The first-order chi connectivity index (χ1) is 26.4. The summed E-state index contributed by atoms with van der Waals surface area (Å²) >= 11 is 0. The number of carbonyl (C=O) groups excluding carboxylic acids is 2. The Morgan fingerprint density at radius 1 is 0.636 bits per heavy atom. The second kappa shape index (κ2) is 19.2. The number of ether oxygens (including phenoxy) is 7. The van der Waals surface area contributed by atoms with Gasteiger partial charge in [-0.15, -0.1) is 0 Å². The van der Waals surface area contributed by atoms with E-state index < -0.39 is 29.6 Å². The van der Waals surface area contributed by atoms with Crippen LogP contribution in [0.3, 0.4) is 0 Å².